The van der Waals surface area contributed by atoms with Crippen LogP contribution in [0.3, 0.4) is 0 Å². The number of pyridine rings is 2. The van der Waals surface area contributed by atoms with Gasteiger partial charge in [-0.05, 0) is 89.7 Å². The minimum atomic E-state index is -0.106. The molecule has 0 N–H and O–H groups in total. The monoisotopic (exact) mass is 767 g/mol. The molecule has 0 atom stereocenters. The smallest absolute Gasteiger partial charge is 0.338 e. The minimum Gasteiger partial charge on any atom is -0.338 e. The molecule has 4 aromatic carbocycles. The van der Waals surface area contributed by atoms with E-state index in [-0.39, 0.29) is 31.9 Å². The van der Waals surface area contributed by atoms with E-state index in [1.54, 1.807) is 0 Å². The molecule has 0 unspecified atom stereocenters. The Balaban J connectivity index is 0.000000155. The molecule has 6 nitrogen and oxygen atoms in total. The van der Waals surface area contributed by atoms with Crippen molar-refractivity contribution in [2.75, 3.05) is 0 Å². The molecule has 4 heterocycles. The zero-order valence-electron chi connectivity index (χ0n) is 26.1. The average molecular weight is 768 g/mol. The molecule has 4 aromatic heterocycles. The van der Waals surface area contributed by atoms with E-state index in [1.807, 2.05) is 36.7 Å². The van der Waals surface area contributed by atoms with E-state index < -0.39 is 0 Å². The molecule has 45 heavy (non-hydrogen) atoms. The molecule has 7 heteroatoms. The van der Waals surface area contributed by atoms with Gasteiger partial charge in [0, 0.05) is 24.0 Å². The first kappa shape index (κ1) is 30.6. The van der Waals surface area contributed by atoms with Gasteiger partial charge >= 0.3 is 21.1 Å². The molecule has 0 amide bonds. The number of nitrogens with zero attached hydrogens (tertiary/aromatic N) is 6. The van der Waals surface area contributed by atoms with Crippen LogP contribution in [0.1, 0.15) is 53.2 Å². The fourth-order valence-corrected chi connectivity index (χ4v) is 5.58. The second-order valence-corrected chi connectivity index (χ2v) is 13.2. The van der Waals surface area contributed by atoms with Gasteiger partial charge in [0.25, 0.3) is 0 Å². The molecule has 0 radical (unpaired) electrons. The van der Waals surface area contributed by atoms with Gasteiger partial charge in [-0.1, -0.05) is 113 Å². The molecule has 0 aliphatic heterocycles. The standard InChI is InChI=1S/2C19H16N3.Pt/c2*1-19(2,3)18-21-11-15-16-13(9-6-10-20-16)12-7-4-5-8-14(12)17(15)22-18;/h2*4-10H,1-3H3;/q2*-1;+2. The molecule has 0 saturated heterocycles. The number of rotatable bonds is 0. The van der Waals surface area contributed by atoms with E-state index >= 15 is 0 Å². The molecule has 8 aromatic rings. The SMILES string of the molecule is CC(C)(C)c1n[c-]c2c3ncccc3c3ccccc3c2n1.CC(C)(C)c1n[c-]c2c3ncccc3c3ccccc3c2n1.[Pt+2]. The number of hydrogen-bond donors (Lipinski definition) is 0. The zero-order valence-corrected chi connectivity index (χ0v) is 28.4. The topological polar surface area (TPSA) is 77.3 Å². The van der Waals surface area contributed by atoms with Crippen LogP contribution in [0.5, 0.6) is 0 Å². The first-order chi connectivity index (χ1) is 21.1. The Bertz CT molecular complexity index is 2130. The van der Waals surface area contributed by atoms with E-state index in [4.69, 9.17) is 9.97 Å². The normalized spacial score (nSPS) is 12.0. The number of fused-ring (bicyclic) bond motifs is 12. The second kappa shape index (κ2) is 11.5. The number of aromatic nitrogens is 6. The van der Waals surface area contributed by atoms with Gasteiger partial charge in [-0.2, -0.15) is 0 Å². The predicted octanol–water partition coefficient (Wildman–Crippen LogP) is 8.86. The van der Waals surface area contributed by atoms with Crippen LogP contribution in [-0.4, -0.2) is 29.9 Å². The van der Waals surface area contributed by atoms with Crippen LogP contribution in [0.15, 0.2) is 85.2 Å². The Hall–Kier alpha value is -4.41. The summed E-state index contributed by atoms with van der Waals surface area (Å²) in [6, 6.07) is 24.8. The van der Waals surface area contributed by atoms with E-state index in [1.165, 1.54) is 10.8 Å². The van der Waals surface area contributed by atoms with Gasteiger partial charge in [-0.25, -0.2) is 0 Å². The van der Waals surface area contributed by atoms with E-state index in [2.05, 4.69) is 122 Å². The van der Waals surface area contributed by atoms with E-state index in [0.717, 1.165) is 66.0 Å². The fraction of sp³-hybridized carbons (Fsp3) is 0.211. The first-order valence-corrected chi connectivity index (χ1v) is 14.8. The molecule has 0 saturated carbocycles. The van der Waals surface area contributed by atoms with Crippen LogP contribution in [0.2, 0.25) is 0 Å². The quantitative estimate of drug-likeness (QED) is 0.113. The van der Waals surface area contributed by atoms with Gasteiger partial charge in [-0.3, -0.25) is 0 Å². The van der Waals surface area contributed by atoms with Crippen LogP contribution in [-0.2, 0) is 31.9 Å². The van der Waals surface area contributed by atoms with Crippen molar-refractivity contribution in [1.29, 1.82) is 0 Å². The summed E-state index contributed by atoms with van der Waals surface area (Å²) in [5.74, 6) is 1.61. The summed E-state index contributed by atoms with van der Waals surface area (Å²) >= 11 is 0. The molecule has 8 rings (SSSR count). The minimum absolute atomic E-state index is 0. The van der Waals surface area contributed by atoms with Crippen molar-refractivity contribution >= 4 is 65.2 Å². The van der Waals surface area contributed by atoms with Crippen LogP contribution in [0.25, 0.3) is 65.2 Å². The van der Waals surface area contributed by atoms with E-state index in [9.17, 15) is 0 Å². The Morgan fingerprint density at radius 1 is 0.444 bits per heavy atom. The van der Waals surface area contributed by atoms with Gasteiger partial charge in [0.1, 0.15) is 0 Å². The molecule has 0 aliphatic rings. The van der Waals surface area contributed by atoms with Crippen LogP contribution in [0, 0.1) is 12.4 Å². The molecule has 0 bridgehead atoms. The summed E-state index contributed by atoms with van der Waals surface area (Å²) < 4.78 is 0. The van der Waals surface area contributed by atoms with Crippen molar-refractivity contribution in [1.82, 2.24) is 29.9 Å². The Morgan fingerprint density at radius 3 is 1.16 bits per heavy atom. The summed E-state index contributed by atoms with van der Waals surface area (Å²) in [4.78, 5) is 27.7. The average Bonchev–Trinajstić information content (AvgIpc) is 3.04. The second-order valence-electron chi connectivity index (χ2n) is 13.2. The summed E-state index contributed by atoms with van der Waals surface area (Å²) in [5.41, 5.74) is 3.48. The first-order valence-electron chi connectivity index (χ1n) is 14.8. The van der Waals surface area contributed by atoms with Gasteiger partial charge in [0.15, 0.2) is 0 Å². The summed E-state index contributed by atoms with van der Waals surface area (Å²) in [5, 5.41) is 8.62. The van der Waals surface area contributed by atoms with Gasteiger partial charge in [-0.15, -0.1) is 0 Å². The molecule has 0 fully saturated rings. The summed E-state index contributed by atoms with van der Waals surface area (Å²) in [7, 11) is 0. The van der Waals surface area contributed by atoms with Crippen molar-refractivity contribution in [3.8, 4) is 0 Å². The predicted molar refractivity (Wildman–Crippen MR) is 180 cm³/mol. The Kier molecular flexibility index (Phi) is 7.82. The third-order valence-corrected chi connectivity index (χ3v) is 7.83. The van der Waals surface area contributed by atoms with Crippen molar-refractivity contribution in [3.63, 3.8) is 0 Å². The maximum Gasteiger partial charge on any atom is 2.00 e. The van der Waals surface area contributed by atoms with Crippen LogP contribution in [0.4, 0.5) is 0 Å². The summed E-state index contributed by atoms with van der Waals surface area (Å²) in [6.45, 7) is 12.7. The van der Waals surface area contributed by atoms with Crippen molar-refractivity contribution in [2.24, 2.45) is 0 Å². The van der Waals surface area contributed by atoms with Crippen molar-refractivity contribution < 1.29 is 21.1 Å². The Morgan fingerprint density at radius 2 is 0.778 bits per heavy atom. The van der Waals surface area contributed by atoms with E-state index in [0.29, 0.717) is 0 Å². The van der Waals surface area contributed by atoms with Crippen molar-refractivity contribution in [2.45, 2.75) is 52.4 Å². The van der Waals surface area contributed by atoms with Gasteiger partial charge in [0.05, 0.1) is 0 Å². The maximum atomic E-state index is 4.84. The van der Waals surface area contributed by atoms with Crippen molar-refractivity contribution in [3.05, 3.63) is 109 Å². The molecule has 0 spiro atoms. The third kappa shape index (κ3) is 5.42. The largest absolute Gasteiger partial charge is 2.00 e. The molecular formula is C38H32N6Pt. The zero-order chi connectivity index (χ0) is 30.6. The summed E-state index contributed by atoms with van der Waals surface area (Å²) in [6.07, 6.45) is 9.99. The van der Waals surface area contributed by atoms with Gasteiger partial charge in [0.2, 0.25) is 0 Å². The molecule has 0 aliphatic carbocycles. The van der Waals surface area contributed by atoms with Crippen LogP contribution >= 0.6 is 0 Å². The number of benzene rings is 4. The number of hydrogen-bond acceptors (Lipinski definition) is 6. The Labute approximate surface area is 276 Å². The fourth-order valence-electron chi connectivity index (χ4n) is 5.58. The third-order valence-electron chi connectivity index (χ3n) is 7.83. The van der Waals surface area contributed by atoms with Crippen LogP contribution < -0.4 is 0 Å². The maximum absolute atomic E-state index is 4.84. The molecule has 224 valence electrons. The molecular weight excluding hydrogens is 736 g/mol. The van der Waals surface area contributed by atoms with Gasteiger partial charge < -0.3 is 29.9 Å².